The average molecular weight is 458 g/mol. The Kier molecular flexibility index (Phi) is 6.13. The lowest BCUT2D eigenvalue weighted by molar-refractivity contribution is 0.00578. The quantitative estimate of drug-likeness (QED) is 0.633. The molecule has 0 spiro atoms. The van der Waals surface area contributed by atoms with Crippen LogP contribution in [0.15, 0.2) is 24.4 Å². The van der Waals surface area contributed by atoms with Gasteiger partial charge in [0.2, 0.25) is 0 Å². The fraction of sp³-hybridized carbons (Fsp3) is 0.583. The van der Waals surface area contributed by atoms with Crippen LogP contribution in [0.5, 0.6) is 0 Å². The Balaban J connectivity index is 2.04. The van der Waals surface area contributed by atoms with Crippen LogP contribution >= 0.6 is 0 Å². The van der Waals surface area contributed by atoms with Crippen molar-refractivity contribution >= 4 is 41.4 Å². The van der Waals surface area contributed by atoms with E-state index >= 15 is 0 Å². The molecule has 1 saturated heterocycles. The van der Waals surface area contributed by atoms with Gasteiger partial charge in [0.15, 0.2) is 0 Å². The van der Waals surface area contributed by atoms with E-state index in [1.165, 1.54) is 10.8 Å². The number of carbonyl (C=O) groups is 2. The standard InChI is InChI=1S/C24H35BN2O6/c1-21(2,3)30-19(28)26-17-14-27(20(29)31-22(4,5)6)18-12-11-15(13-16(17)18)25-32-23(7,8)24(9,10)33-25/h11-14H,1-10H3,(H,26,28). The number of nitrogens with zero attached hydrogens (tertiary/aromatic N) is 1. The van der Waals surface area contributed by atoms with E-state index in [2.05, 4.69) is 5.32 Å². The third-order valence-electron chi connectivity index (χ3n) is 5.58. The Labute approximate surface area is 196 Å². The van der Waals surface area contributed by atoms with E-state index in [9.17, 15) is 9.59 Å². The Morgan fingerprint density at radius 1 is 0.939 bits per heavy atom. The van der Waals surface area contributed by atoms with E-state index < -0.39 is 41.7 Å². The summed E-state index contributed by atoms with van der Waals surface area (Å²) in [6.45, 7) is 18.7. The zero-order chi connectivity index (χ0) is 25.0. The molecule has 2 aromatic rings. The Morgan fingerprint density at radius 2 is 1.48 bits per heavy atom. The highest BCUT2D eigenvalue weighted by Crippen LogP contribution is 2.37. The largest absolute Gasteiger partial charge is 0.494 e. The van der Waals surface area contributed by atoms with E-state index in [1.807, 2.05) is 39.8 Å². The van der Waals surface area contributed by atoms with Crippen molar-refractivity contribution in [2.75, 3.05) is 5.32 Å². The molecule has 0 bridgehead atoms. The number of fused-ring (bicyclic) bond motifs is 1. The number of amides is 1. The SMILES string of the molecule is CC(C)(C)OC(=O)Nc1cn(C(=O)OC(C)(C)C)c2ccc(B3OC(C)(C)C(C)(C)O3)cc12. The maximum Gasteiger partial charge on any atom is 0.494 e. The highest BCUT2D eigenvalue weighted by Gasteiger charge is 2.51. The van der Waals surface area contributed by atoms with Gasteiger partial charge in [0.05, 0.1) is 22.4 Å². The van der Waals surface area contributed by atoms with E-state index in [0.717, 1.165) is 5.46 Å². The van der Waals surface area contributed by atoms with Crippen molar-refractivity contribution in [3.05, 3.63) is 24.4 Å². The summed E-state index contributed by atoms with van der Waals surface area (Å²) in [4.78, 5) is 25.3. The summed E-state index contributed by atoms with van der Waals surface area (Å²) >= 11 is 0. The van der Waals surface area contributed by atoms with Crippen molar-refractivity contribution in [2.45, 2.75) is 91.6 Å². The Morgan fingerprint density at radius 3 is 2.00 bits per heavy atom. The number of ether oxygens (including phenoxy) is 2. The first-order chi connectivity index (χ1) is 14.9. The molecule has 1 amide bonds. The molecule has 0 atom stereocenters. The molecule has 0 aliphatic carbocycles. The Bertz CT molecular complexity index is 1060. The minimum atomic E-state index is -0.672. The predicted molar refractivity (Wildman–Crippen MR) is 129 cm³/mol. The molecule has 1 N–H and O–H groups in total. The number of anilines is 1. The van der Waals surface area contributed by atoms with Crippen molar-refractivity contribution in [1.82, 2.24) is 4.57 Å². The monoisotopic (exact) mass is 458 g/mol. The predicted octanol–water partition coefficient (Wildman–Crippen LogP) is 5.07. The van der Waals surface area contributed by atoms with E-state index in [1.54, 1.807) is 47.6 Å². The fourth-order valence-corrected chi connectivity index (χ4v) is 3.35. The number of nitrogens with one attached hydrogen (secondary N) is 1. The number of hydrogen-bond donors (Lipinski definition) is 1. The second-order valence-electron chi connectivity index (χ2n) is 11.4. The van der Waals surface area contributed by atoms with Crippen LogP contribution in [0.1, 0.15) is 69.2 Å². The summed E-state index contributed by atoms with van der Waals surface area (Å²) < 4.78 is 24.7. The van der Waals surface area contributed by atoms with Gasteiger partial charge in [-0.2, -0.15) is 0 Å². The third kappa shape index (κ3) is 5.53. The molecule has 1 aliphatic heterocycles. The molecule has 1 aromatic carbocycles. The summed E-state index contributed by atoms with van der Waals surface area (Å²) in [5.41, 5.74) is -0.551. The van der Waals surface area contributed by atoms with Crippen LogP contribution in [0.3, 0.4) is 0 Å². The minimum Gasteiger partial charge on any atom is -0.444 e. The number of hydrogen-bond acceptors (Lipinski definition) is 6. The highest BCUT2D eigenvalue weighted by molar-refractivity contribution is 6.62. The zero-order valence-corrected chi connectivity index (χ0v) is 21.3. The lowest BCUT2D eigenvalue weighted by Gasteiger charge is -2.32. The smallest absolute Gasteiger partial charge is 0.444 e. The normalized spacial score (nSPS) is 17.8. The van der Waals surface area contributed by atoms with Gasteiger partial charge in [-0.25, -0.2) is 9.59 Å². The van der Waals surface area contributed by atoms with Crippen LogP contribution in [0.25, 0.3) is 10.9 Å². The van der Waals surface area contributed by atoms with Gasteiger partial charge in [-0.15, -0.1) is 0 Å². The minimum absolute atomic E-state index is 0.420. The van der Waals surface area contributed by atoms with Crippen molar-refractivity contribution in [3.8, 4) is 0 Å². The number of aromatic nitrogens is 1. The van der Waals surface area contributed by atoms with Gasteiger partial charge in [-0.05, 0) is 80.8 Å². The molecular formula is C24H35BN2O6. The van der Waals surface area contributed by atoms with E-state index in [0.29, 0.717) is 16.6 Å². The second kappa shape index (κ2) is 8.06. The molecule has 2 heterocycles. The van der Waals surface area contributed by atoms with Gasteiger partial charge in [0.1, 0.15) is 11.2 Å². The average Bonchev–Trinajstić information content (AvgIpc) is 3.05. The molecule has 0 unspecified atom stereocenters. The summed E-state index contributed by atoms with van der Waals surface area (Å²) in [6.07, 6.45) is 0.372. The summed E-state index contributed by atoms with van der Waals surface area (Å²) in [6, 6.07) is 5.49. The van der Waals surface area contributed by atoms with Gasteiger partial charge >= 0.3 is 19.3 Å². The first-order valence-corrected chi connectivity index (χ1v) is 11.1. The molecule has 180 valence electrons. The molecule has 1 fully saturated rings. The van der Waals surface area contributed by atoms with E-state index in [-0.39, 0.29) is 0 Å². The van der Waals surface area contributed by atoms with Gasteiger partial charge in [0, 0.05) is 11.6 Å². The first-order valence-electron chi connectivity index (χ1n) is 11.1. The number of benzene rings is 1. The molecule has 0 radical (unpaired) electrons. The topological polar surface area (TPSA) is 88.0 Å². The van der Waals surface area contributed by atoms with Crippen LogP contribution in [-0.4, -0.2) is 46.3 Å². The second-order valence-corrected chi connectivity index (χ2v) is 11.4. The van der Waals surface area contributed by atoms with Gasteiger partial charge in [-0.3, -0.25) is 9.88 Å². The molecule has 9 heteroatoms. The molecule has 1 aliphatic rings. The van der Waals surface area contributed by atoms with Gasteiger partial charge in [0.25, 0.3) is 0 Å². The summed E-state index contributed by atoms with van der Waals surface area (Å²) in [7, 11) is -0.585. The van der Waals surface area contributed by atoms with Gasteiger partial charge < -0.3 is 18.8 Å². The first kappa shape index (κ1) is 25.1. The fourth-order valence-electron chi connectivity index (χ4n) is 3.35. The zero-order valence-electron chi connectivity index (χ0n) is 21.3. The van der Waals surface area contributed by atoms with Crippen LogP contribution in [0.2, 0.25) is 0 Å². The van der Waals surface area contributed by atoms with Crippen LogP contribution in [0, 0.1) is 0 Å². The van der Waals surface area contributed by atoms with Gasteiger partial charge in [-0.1, -0.05) is 12.1 Å². The summed E-state index contributed by atoms with van der Waals surface area (Å²) in [5, 5.41) is 3.40. The molecule has 0 saturated carbocycles. The van der Waals surface area contributed by atoms with Crippen LogP contribution < -0.4 is 10.8 Å². The number of rotatable bonds is 2. The van der Waals surface area contributed by atoms with E-state index in [4.69, 9.17) is 18.8 Å². The number of carbonyl (C=O) groups excluding carboxylic acids is 2. The highest BCUT2D eigenvalue weighted by atomic mass is 16.7. The van der Waals surface area contributed by atoms with Crippen molar-refractivity contribution in [2.24, 2.45) is 0 Å². The van der Waals surface area contributed by atoms with Crippen LogP contribution in [-0.2, 0) is 18.8 Å². The van der Waals surface area contributed by atoms with Crippen LogP contribution in [0.4, 0.5) is 15.3 Å². The maximum absolute atomic E-state index is 12.9. The van der Waals surface area contributed by atoms with Crippen molar-refractivity contribution < 1.29 is 28.4 Å². The molecule has 8 nitrogen and oxygen atoms in total. The van der Waals surface area contributed by atoms with Crippen molar-refractivity contribution in [1.29, 1.82) is 0 Å². The molecule has 1 aromatic heterocycles. The molecular weight excluding hydrogens is 423 g/mol. The summed E-state index contributed by atoms with van der Waals surface area (Å²) in [5.74, 6) is 0. The lowest BCUT2D eigenvalue weighted by Crippen LogP contribution is -2.41. The third-order valence-corrected chi connectivity index (χ3v) is 5.58. The Hall–Kier alpha value is -2.52. The molecule has 3 rings (SSSR count). The van der Waals surface area contributed by atoms with Crippen molar-refractivity contribution in [3.63, 3.8) is 0 Å². The molecule has 33 heavy (non-hydrogen) atoms. The lowest BCUT2D eigenvalue weighted by atomic mass is 9.78. The maximum atomic E-state index is 12.9.